The number of hydrogen-bond acceptors (Lipinski definition) is 5. The summed E-state index contributed by atoms with van der Waals surface area (Å²) >= 11 is 3.96. The van der Waals surface area contributed by atoms with E-state index in [1.807, 2.05) is 0 Å². The summed E-state index contributed by atoms with van der Waals surface area (Å²) < 4.78 is 20.6. The summed E-state index contributed by atoms with van der Waals surface area (Å²) in [7, 11) is -4.07. The summed E-state index contributed by atoms with van der Waals surface area (Å²) in [5.74, 6) is 0.609. The fraction of sp³-hybridized carbons (Fsp3) is 1.00. The summed E-state index contributed by atoms with van der Waals surface area (Å²) in [6.45, 7) is 2.55. The van der Waals surface area contributed by atoms with Gasteiger partial charge in [-0.1, -0.05) is 39.0 Å². The van der Waals surface area contributed by atoms with Crippen molar-refractivity contribution in [3.05, 3.63) is 0 Å². The Morgan fingerprint density at radius 3 is 2.06 bits per heavy atom. The van der Waals surface area contributed by atoms with Gasteiger partial charge in [0, 0.05) is 0 Å². The van der Waals surface area contributed by atoms with Crippen molar-refractivity contribution < 1.29 is 48.1 Å². The number of thiol groups is 1. The second kappa shape index (κ2) is 14.9. The van der Waals surface area contributed by atoms with E-state index in [4.69, 9.17) is 4.52 Å². The van der Waals surface area contributed by atoms with Gasteiger partial charge in [-0.05, 0) is 18.6 Å². The van der Waals surface area contributed by atoms with E-state index < -0.39 is 7.82 Å². The maximum atomic E-state index is 11.2. The van der Waals surface area contributed by atoms with Crippen molar-refractivity contribution in [2.75, 3.05) is 19.0 Å². The topological polar surface area (TPSA) is 58.6 Å². The molecule has 0 aliphatic rings. The van der Waals surface area contributed by atoms with Crippen LogP contribution in [-0.2, 0) is 13.6 Å². The van der Waals surface area contributed by atoms with E-state index in [1.54, 1.807) is 0 Å². The molecule has 0 spiro atoms. The second-order valence-corrected chi connectivity index (χ2v) is 5.82. The molecule has 0 rings (SSSR count). The summed E-state index contributed by atoms with van der Waals surface area (Å²) in [6.07, 6.45) is 7.20. The molecule has 1 unspecified atom stereocenters. The van der Waals surface area contributed by atoms with Crippen molar-refractivity contribution in [2.24, 2.45) is 0 Å². The first-order chi connectivity index (χ1) is 8.12. The molecule has 4 nitrogen and oxygen atoms in total. The molecule has 0 bridgehead atoms. The van der Waals surface area contributed by atoms with Crippen LogP contribution in [0.4, 0.5) is 0 Å². The molecule has 0 saturated heterocycles. The predicted octanol–water partition coefficient (Wildman–Crippen LogP) is 0.172. The molecule has 1 atom stereocenters. The zero-order chi connectivity index (χ0) is 13.0. The first kappa shape index (κ1) is 21.8. The SMILES string of the molecule is CCCCCCCCOP(=O)([O-])OCCCS.[Na+]. The number of phosphoric acid groups is 1. The first-order valence-corrected chi connectivity index (χ1v) is 8.42. The minimum Gasteiger partial charge on any atom is -0.756 e. The minimum atomic E-state index is -4.07. The third-order valence-electron chi connectivity index (χ3n) is 2.30. The molecule has 0 amide bonds. The Morgan fingerprint density at radius 1 is 1.00 bits per heavy atom. The Kier molecular flexibility index (Phi) is 18.0. The number of unbranched alkanes of at least 4 members (excludes halogenated alkanes) is 5. The van der Waals surface area contributed by atoms with E-state index in [1.165, 1.54) is 19.3 Å². The van der Waals surface area contributed by atoms with E-state index in [-0.39, 0.29) is 42.8 Å². The molecule has 0 radical (unpaired) electrons. The van der Waals surface area contributed by atoms with Gasteiger partial charge in [0.2, 0.25) is 0 Å². The largest absolute Gasteiger partial charge is 1.00 e. The summed E-state index contributed by atoms with van der Waals surface area (Å²) in [4.78, 5) is 11.2. The van der Waals surface area contributed by atoms with E-state index in [9.17, 15) is 9.46 Å². The van der Waals surface area contributed by atoms with Gasteiger partial charge in [0.25, 0.3) is 7.82 Å². The van der Waals surface area contributed by atoms with Crippen molar-refractivity contribution in [3.63, 3.8) is 0 Å². The molecular weight excluding hydrogens is 282 g/mol. The third-order valence-corrected chi connectivity index (χ3v) is 3.61. The van der Waals surface area contributed by atoms with E-state index in [2.05, 4.69) is 24.1 Å². The average molecular weight is 306 g/mol. The van der Waals surface area contributed by atoms with Crippen LogP contribution >= 0.6 is 20.5 Å². The number of hydrogen-bond donors (Lipinski definition) is 1. The normalized spacial score (nSPS) is 13.9. The minimum absolute atomic E-state index is 0. The molecule has 0 aliphatic heterocycles. The molecule has 0 fully saturated rings. The fourth-order valence-electron chi connectivity index (χ4n) is 1.34. The van der Waals surface area contributed by atoms with Crippen molar-refractivity contribution in [1.29, 1.82) is 0 Å². The maximum Gasteiger partial charge on any atom is 1.00 e. The van der Waals surface area contributed by atoms with E-state index in [0.717, 1.165) is 19.3 Å². The molecular formula is C11H24NaO4PS. The van der Waals surface area contributed by atoms with Gasteiger partial charge in [-0.25, -0.2) is 0 Å². The van der Waals surface area contributed by atoms with Gasteiger partial charge < -0.3 is 13.9 Å². The predicted molar refractivity (Wildman–Crippen MR) is 71.4 cm³/mol. The molecule has 0 saturated carbocycles. The van der Waals surface area contributed by atoms with Crippen LogP contribution in [0.15, 0.2) is 0 Å². The van der Waals surface area contributed by atoms with Crippen molar-refractivity contribution in [2.45, 2.75) is 51.9 Å². The number of rotatable bonds is 12. The zero-order valence-corrected chi connectivity index (χ0v) is 15.4. The van der Waals surface area contributed by atoms with Gasteiger partial charge in [-0.15, -0.1) is 0 Å². The van der Waals surface area contributed by atoms with Gasteiger partial charge in [-0.2, -0.15) is 12.6 Å². The van der Waals surface area contributed by atoms with Gasteiger partial charge in [0.15, 0.2) is 0 Å². The fourth-order valence-corrected chi connectivity index (χ4v) is 2.25. The molecule has 0 heterocycles. The van der Waals surface area contributed by atoms with Crippen molar-refractivity contribution in [1.82, 2.24) is 0 Å². The smallest absolute Gasteiger partial charge is 0.756 e. The van der Waals surface area contributed by atoms with Crippen LogP contribution in [0.2, 0.25) is 0 Å². The molecule has 0 N–H and O–H groups in total. The van der Waals surface area contributed by atoms with E-state index in [0.29, 0.717) is 12.2 Å². The molecule has 104 valence electrons. The van der Waals surface area contributed by atoms with Crippen molar-refractivity contribution >= 4 is 20.5 Å². The summed E-state index contributed by atoms with van der Waals surface area (Å²) in [6, 6.07) is 0. The molecule has 7 heteroatoms. The average Bonchev–Trinajstić information content (AvgIpc) is 2.28. The standard InChI is InChI=1S/C11H25O4PS.Na/c1-2-3-4-5-6-7-9-14-16(12,13)15-10-8-11-17;/h17H,2-11H2,1H3,(H,12,13);/q;+1/p-1. The Morgan fingerprint density at radius 2 is 1.50 bits per heavy atom. The van der Waals surface area contributed by atoms with E-state index >= 15 is 0 Å². The van der Waals surface area contributed by atoms with Gasteiger partial charge in [-0.3, -0.25) is 4.57 Å². The van der Waals surface area contributed by atoms with Gasteiger partial charge in [0.05, 0.1) is 13.2 Å². The van der Waals surface area contributed by atoms with Crippen LogP contribution in [0.1, 0.15) is 51.9 Å². The molecule has 0 aromatic heterocycles. The van der Waals surface area contributed by atoms with Crippen LogP contribution in [0, 0.1) is 0 Å². The van der Waals surface area contributed by atoms with Gasteiger partial charge in [0.1, 0.15) is 0 Å². The Bertz CT molecular complexity index is 219. The summed E-state index contributed by atoms with van der Waals surface area (Å²) in [5, 5.41) is 0. The molecule has 18 heavy (non-hydrogen) atoms. The monoisotopic (exact) mass is 306 g/mol. The number of phosphoric ester groups is 1. The van der Waals surface area contributed by atoms with Crippen molar-refractivity contribution in [3.8, 4) is 0 Å². The molecule has 0 aromatic rings. The van der Waals surface area contributed by atoms with Crippen LogP contribution in [0.5, 0.6) is 0 Å². The Hall–Kier alpha value is 1.46. The van der Waals surface area contributed by atoms with Crippen LogP contribution in [0.3, 0.4) is 0 Å². The molecule has 0 aromatic carbocycles. The summed E-state index contributed by atoms with van der Waals surface area (Å²) in [5.41, 5.74) is 0. The third kappa shape index (κ3) is 15.5. The van der Waals surface area contributed by atoms with Crippen LogP contribution in [-0.4, -0.2) is 19.0 Å². The first-order valence-electron chi connectivity index (χ1n) is 6.33. The van der Waals surface area contributed by atoms with Crippen LogP contribution in [0.25, 0.3) is 0 Å². The zero-order valence-electron chi connectivity index (χ0n) is 11.6. The Balaban J connectivity index is 0. The van der Waals surface area contributed by atoms with Crippen LogP contribution < -0.4 is 34.5 Å². The Labute approximate surface area is 139 Å². The van der Waals surface area contributed by atoms with Gasteiger partial charge >= 0.3 is 29.6 Å². The molecule has 0 aliphatic carbocycles. The quantitative estimate of drug-likeness (QED) is 0.242. The maximum absolute atomic E-state index is 11.2. The second-order valence-electron chi connectivity index (χ2n) is 3.96.